The number of nitrogens with zero attached hydrogens (tertiary/aromatic N) is 1. The molecule has 0 aromatic heterocycles. The van der Waals surface area contributed by atoms with Crippen LogP contribution in [0.4, 0.5) is 0 Å². The van der Waals surface area contributed by atoms with Crippen LogP contribution < -0.4 is 0 Å². The molecule has 146 valence electrons. The molecule has 0 heterocycles. The maximum atomic E-state index is 13.1. The molecule has 0 aliphatic heterocycles. The Labute approximate surface area is 158 Å². The molecule has 4 heteroatoms. The standard InChI is InChI=1S/C22H35NO3/c1-5-23(6-2)15-16-26-21(24)22(25,19-12-8-7-9-13-19)20-14-10-11-17(3)18(20)4/h10-11,14,19,25H,5-9,12-13,15-16H2,1-4H3. The van der Waals surface area contributed by atoms with Gasteiger partial charge < -0.3 is 14.7 Å². The molecule has 0 amide bonds. The fourth-order valence-corrected chi connectivity index (χ4v) is 4.10. The zero-order valence-electron chi connectivity index (χ0n) is 16.9. The molecule has 1 unspecified atom stereocenters. The van der Waals surface area contributed by atoms with Gasteiger partial charge in [-0.3, -0.25) is 0 Å². The Morgan fingerprint density at radius 1 is 1.19 bits per heavy atom. The van der Waals surface area contributed by atoms with Gasteiger partial charge in [-0.2, -0.15) is 0 Å². The summed E-state index contributed by atoms with van der Waals surface area (Å²) in [6.07, 6.45) is 5.04. The van der Waals surface area contributed by atoms with E-state index in [1.165, 1.54) is 6.42 Å². The monoisotopic (exact) mass is 361 g/mol. The third-order valence-corrected chi connectivity index (χ3v) is 6.06. The minimum atomic E-state index is -1.54. The van der Waals surface area contributed by atoms with Crippen LogP contribution in [-0.4, -0.2) is 42.2 Å². The number of benzene rings is 1. The van der Waals surface area contributed by atoms with Crippen molar-refractivity contribution in [3.63, 3.8) is 0 Å². The number of carbonyl (C=O) groups excluding carboxylic acids is 1. The van der Waals surface area contributed by atoms with Gasteiger partial charge in [-0.15, -0.1) is 0 Å². The number of hydrogen-bond donors (Lipinski definition) is 1. The molecule has 1 aromatic carbocycles. The summed E-state index contributed by atoms with van der Waals surface area (Å²) in [5.41, 5.74) is 1.26. The van der Waals surface area contributed by atoms with E-state index in [-0.39, 0.29) is 5.92 Å². The van der Waals surface area contributed by atoms with Crippen molar-refractivity contribution in [2.45, 2.75) is 65.4 Å². The van der Waals surface area contributed by atoms with E-state index in [4.69, 9.17) is 4.74 Å². The molecule has 1 aliphatic rings. The molecule has 0 spiro atoms. The maximum absolute atomic E-state index is 13.1. The lowest BCUT2D eigenvalue weighted by atomic mass is 9.72. The summed E-state index contributed by atoms with van der Waals surface area (Å²) in [5, 5.41) is 11.7. The van der Waals surface area contributed by atoms with Gasteiger partial charge in [0, 0.05) is 12.5 Å². The minimum Gasteiger partial charge on any atom is -0.462 e. The van der Waals surface area contributed by atoms with Crippen molar-refractivity contribution < 1.29 is 14.6 Å². The summed E-state index contributed by atoms with van der Waals surface area (Å²) < 4.78 is 5.61. The van der Waals surface area contributed by atoms with Crippen molar-refractivity contribution in [3.8, 4) is 0 Å². The molecule has 0 bridgehead atoms. The predicted molar refractivity (Wildman–Crippen MR) is 105 cm³/mol. The highest BCUT2D eigenvalue weighted by atomic mass is 16.5. The van der Waals surface area contributed by atoms with Crippen molar-refractivity contribution >= 4 is 5.97 Å². The fraction of sp³-hybridized carbons (Fsp3) is 0.682. The Kier molecular flexibility index (Phi) is 7.66. The molecule has 1 aliphatic carbocycles. The van der Waals surface area contributed by atoms with Crippen molar-refractivity contribution in [2.75, 3.05) is 26.2 Å². The first kappa shape index (κ1) is 20.9. The lowest BCUT2D eigenvalue weighted by Gasteiger charge is -2.38. The molecule has 1 aromatic rings. The first-order valence-corrected chi connectivity index (χ1v) is 10.1. The van der Waals surface area contributed by atoms with Crippen LogP contribution in [0.15, 0.2) is 18.2 Å². The highest BCUT2D eigenvalue weighted by Crippen LogP contribution is 2.42. The Morgan fingerprint density at radius 3 is 2.46 bits per heavy atom. The molecule has 1 atom stereocenters. The first-order valence-electron chi connectivity index (χ1n) is 10.1. The topological polar surface area (TPSA) is 49.8 Å². The van der Waals surface area contributed by atoms with E-state index in [0.717, 1.165) is 55.5 Å². The molecule has 0 saturated heterocycles. The number of hydrogen-bond acceptors (Lipinski definition) is 4. The van der Waals surface area contributed by atoms with Crippen molar-refractivity contribution in [2.24, 2.45) is 5.92 Å². The van der Waals surface area contributed by atoms with Gasteiger partial charge in [-0.05, 0) is 56.5 Å². The van der Waals surface area contributed by atoms with E-state index in [2.05, 4.69) is 18.7 Å². The molecule has 4 nitrogen and oxygen atoms in total. The number of esters is 1. The summed E-state index contributed by atoms with van der Waals surface area (Å²) in [5.74, 6) is -0.553. The Morgan fingerprint density at radius 2 is 1.85 bits per heavy atom. The van der Waals surface area contributed by atoms with Gasteiger partial charge >= 0.3 is 5.97 Å². The van der Waals surface area contributed by atoms with Crippen LogP contribution in [0.3, 0.4) is 0 Å². The third-order valence-electron chi connectivity index (χ3n) is 6.06. The quantitative estimate of drug-likeness (QED) is 0.712. The molecule has 0 radical (unpaired) electrons. The van der Waals surface area contributed by atoms with Crippen LogP contribution in [0.2, 0.25) is 0 Å². The number of ether oxygens (including phenoxy) is 1. The Bertz CT molecular complexity index is 591. The van der Waals surface area contributed by atoms with Gasteiger partial charge in [0.05, 0.1) is 0 Å². The van der Waals surface area contributed by atoms with E-state index in [0.29, 0.717) is 13.2 Å². The average molecular weight is 362 g/mol. The van der Waals surface area contributed by atoms with E-state index in [9.17, 15) is 9.90 Å². The molecule has 1 saturated carbocycles. The van der Waals surface area contributed by atoms with E-state index < -0.39 is 11.6 Å². The van der Waals surface area contributed by atoms with Crippen LogP contribution in [0.25, 0.3) is 0 Å². The van der Waals surface area contributed by atoms with Crippen molar-refractivity contribution in [3.05, 3.63) is 34.9 Å². The average Bonchev–Trinajstić information content (AvgIpc) is 2.67. The molecular formula is C22H35NO3. The summed E-state index contributed by atoms with van der Waals surface area (Å²) in [7, 11) is 0. The van der Waals surface area contributed by atoms with E-state index >= 15 is 0 Å². The largest absolute Gasteiger partial charge is 0.462 e. The van der Waals surface area contributed by atoms with Crippen molar-refractivity contribution in [1.29, 1.82) is 0 Å². The van der Waals surface area contributed by atoms with Gasteiger partial charge in [0.15, 0.2) is 5.60 Å². The summed E-state index contributed by atoms with van der Waals surface area (Å²) in [4.78, 5) is 15.3. The van der Waals surface area contributed by atoms with Gasteiger partial charge in [0.2, 0.25) is 0 Å². The molecular weight excluding hydrogens is 326 g/mol. The van der Waals surface area contributed by atoms with E-state index in [1.54, 1.807) is 0 Å². The number of likely N-dealkylation sites (N-methyl/N-ethyl adjacent to an activating group) is 1. The zero-order chi connectivity index (χ0) is 19.2. The summed E-state index contributed by atoms with van der Waals surface area (Å²) in [6, 6.07) is 5.84. The predicted octanol–water partition coefficient (Wildman–Crippen LogP) is 3.96. The second kappa shape index (κ2) is 9.52. The highest BCUT2D eigenvalue weighted by molar-refractivity contribution is 5.82. The van der Waals surface area contributed by atoms with Gasteiger partial charge in [-0.1, -0.05) is 51.3 Å². The highest BCUT2D eigenvalue weighted by Gasteiger charge is 2.48. The van der Waals surface area contributed by atoms with Crippen LogP contribution >= 0.6 is 0 Å². The summed E-state index contributed by atoms with van der Waals surface area (Å²) in [6.45, 7) is 11.1. The lowest BCUT2D eigenvalue weighted by molar-refractivity contribution is -0.176. The molecule has 26 heavy (non-hydrogen) atoms. The molecule has 1 N–H and O–H groups in total. The Balaban J connectivity index is 2.25. The minimum absolute atomic E-state index is 0.0716. The zero-order valence-corrected chi connectivity index (χ0v) is 16.9. The smallest absolute Gasteiger partial charge is 0.343 e. The second-order valence-corrected chi connectivity index (χ2v) is 7.51. The first-order chi connectivity index (χ1) is 12.4. The van der Waals surface area contributed by atoms with Crippen LogP contribution in [0.1, 0.15) is 62.6 Å². The van der Waals surface area contributed by atoms with Gasteiger partial charge in [0.25, 0.3) is 0 Å². The number of aliphatic hydroxyl groups is 1. The van der Waals surface area contributed by atoms with Crippen LogP contribution in [-0.2, 0) is 15.1 Å². The molecule has 2 rings (SSSR count). The number of carbonyl (C=O) groups is 1. The van der Waals surface area contributed by atoms with Gasteiger partial charge in [-0.25, -0.2) is 4.79 Å². The second-order valence-electron chi connectivity index (χ2n) is 7.51. The number of rotatable bonds is 8. The van der Waals surface area contributed by atoms with Crippen molar-refractivity contribution in [1.82, 2.24) is 4.90 Å². The Hall–Kier alpha value is -1.39. The fourth-order valence-electron chi connectivity index (χ4n) is 4.10. The normalized spacial score (nSPS) is 17.9. The number of aryl methyl sites for hydroxylation is 1. The lowest BCUT2D eigenvalue weighted by Crippen LogP contribution is -2.46. The SMILES string of the molecule is CCN(CC)CCOC(=O)C(O)(c1cccc(C)c1C)C1CCCCC1. The summed E-state index contributed by atoms with van der Waals surface area (Å²) >= 11 is 0. The van der Waals surface area contributed by atoms with Gasteiger partial charge in [0.1, 0.15) is 6.61 Å². The maximum Gasteiger partial charge on any atom is 0.343 e. The van der Waals surface area contributed by atoms with E-state index in [1.807, 2.05) is 32.0 Å². The van der Waals surface area contributed by atoms with Crippen LogP contribution in [0.5, 0.6) is 0 Å². The molecule has 1 fully saturated rings. The van der Waals surface area contributed by atoms with Crippen LogP contribution in [0, 0.1) is 19.8 Å². The third kappa shape index (κ3) is 4.47.